The monoisotopic (exact) mass is 626 g/mol. The first-order valence-electron chi connectivity index (χ1n) is 12.7. The van der Waals surface area contributed by atoms with Crippen LogP contribution in [0.5, 0.6) is 5.88 Å². The van der Waals surface area contributed by atoms with E-state index >= 15 is 0 Å². The Morgan fingerprint density at radius 2 is 1.61 bits per heavy atom. The van der Waals surface area contributed by atoms with Gasteiger partial charge in [-0.3, -0.25) is 14.5 Å². The molecule has 0 atom stereocenters. The topological polar surface area (TPSA) is 99.4 Å². The SMILES string of the molecule is Cc1ccnc(OC(F)F)c1-c1nc(C)c2c(n1)n(Cc1ccc(-c3nc(C(F)(F)F)cn3C)cc1)c(=N)n2CC(F)(F)F. The highest BCUT2D eigenvalue weighted by Crippen LogP contribution is 2.33. The molecular weight excluding hydrogens is 604 g/mol. The molecule has 0 fully saturated rings. The van der Waals surface area contributed by atoms with Crippen molar-refractivity contribution in [1.82, 2.24) is 33.6 Å². The van der Waals surface area contributed by atoms with Crippen LogP contribution in [0.4, 0.5) is 35.1 Å². The molecular formula is C27H22F8N8O. The number of halogens is 8. The fraction of sp³-hybridized carbons (Fsp3) is 0.296. The number of rotatable bonds is 7. The number of hydrogen-bond donors (Lipinski definition) is 1. The molecule has 0 saturated heterocycles. The number of benzene rings is 1. The summed E-state index contributed by atoms with van der Waals surface area (Å²) in [5, 5.41) is 8.62. The Morgan fingerprint density at radius 1 is 0.932 bits per heavy atom. The molecule has 0 aliphatic rings. The number of alkyl halides is 8. The third-order valence-corrected chi connectivity index (χ3v) is 6.68. The molecule has 9 nitrogen and oxygen atoms in total. The third-order valence-electron chi connectivity index (χ3n) is 6.68. The maximum atomic E-state index is 13.6. The van der Waals surface area contributed by atoms with Crippen LogP contribution in [0.2, 0.25) is 0 Å². The van der Waals surface area contributed by atoms with E-state index in [1.54, 1.807) is 6.92 Å². The van der Waals surface area contributed by atoms with Gasteiger partial charge in [-0.05, 0) is 31.0 Å². The van der Waals surface area contributed by atoms with E-state index in [0.29, 0.717) is 21.3 Å². The summed E-state index contributed by atoms with van der Waals surface area (Å²) >= 11 is 0. The summed E-state index contributed by atoms with van der Waals surface area (Å²) in [4.78, 5) is 16.2. The van der Waals surface area contributed by atoms with E-state index < -0.39 is 42.7 Å². The zero-order valence-corrected chi connectivity index (χ0v) is 23.1. The fourth-order valence-corrected chi connectivity index (χ4v) is 4.79. The van der Waals surface area contributed by atoms with Crippen LogP contribution in [0, 0.1) is 19.3 Å². The van der Waals surface area contributed by atoms with Crippen LogP contribution in [0.15, 0.2) is 42.7 Å². The van der Waals surface area contributed by atoms with Gasteiger partial charge in [-0.2, -0.15) is 35.1 Å². The molecule has 0 spiro atoms. The van der Waals surface area contributed by atoms with Gasteiger partial charge in [0, 0.05) is 25.0 Å². The van der Waals surface area contributed by atoms with Crippen molar-refractivity contribution in [3.63, 3.8) is 0 Å². The number of hydrogen-bond acceptors (Lipinski definition) is 6. The second-order valence-electron chi connectivity index (χ2n) is 9.86. The Bertz CT molecular complexity index is 1900. The molecule has 0 aliphatic heterocycles. The van der Waals surface area contributed by atoms with Gasteiger partial charge in [-0.15, -0.1) is 0 Å². The van der Waals surface area contributed by atoms with Crippen LogP contribution >= 0.6 is 0 Å². The van der Waals surface area contributed by atoms with Gasteiger partial charge in [-0.25, -0.2) is 19.9 Å². The summed E-state index contributed by atoms with van der Waals surface area (Å²) in [5.41, 5.74) is -0.559. The summed E-state index contributed by atoms with van der Waals surface area (Å²) in [7, 11) is 1.41. The molecule has 4 heterocycles. The number of nitrogens with zero attached hydrogens (tertiary/aromatic N) is 7. The summed E-state index contributed by atoms with van der Waals surface area (Å²) < 4.78 is 114. The average Bonchev–Trinajstić information content (AvgIpc) is 3.42. The summed E-state index contributed by atoms with van der Waals surface area (Å²) in [6.07, 6.45) is -7.26. The molecule has 17 heteroatoms. The van der Waals surface area contributed by atoms with Crippen LogP contribution in [0.25, 0.3) is 33.9 Å². The van der Waals surface area contributed by atoms with Crippen LogP contribution in [0.3, 0.4) is 0 Å². The van der Waals surface area contributed by atoms with Crippen LogP contribution < -0.4 is 10.4 Å². The van der Waals surface area contributed by atoms with Crippen LogP contribution in [-0.2, 0) is 26.3 Å². The highest BCUT2D eigenvalue weighted by molar-refractivity contribution is 5.78. The van der Waals surface area contributed by atoms with E-state index in [1.165, 1.54) is 59.6 Å². The lowest BCUT2D eigenvalue weighted by Crippen LogP contribution is -2.30. The van der Waals surface area contributed by atoms with Crippen molar-refractivity contribution >= 4 is 11.2 Å². The summed E-state index contributed by atoms with van der Waals surface area (Å²) in [6.45, 7) is -1.95. The van der Waals surface area contributed by atoms with Crippen molar-refractivity contribution in [3.8, 4) is 28.7 Å². The van der Waals surface area contributed by atoms with Gasteiger partial charge in [-0.1, -0.05) is 24.3 Å². The highest BCUT2D eigenvalue weighted by atomic mass is 19.4. The van der Waals surface area contributed by atoms with E-state index in [-0.39, 0.29) is 40.6 Å². The van der Waals surface area contributed by atoms with E-state index in [4.69, 9.17) is 5.41 Å². The first-order chi connectivity index (χ1) is 20.5. The Balaban J connectivity index is 1.63. The van der Waals surface area contributed by atoms with Gasteiger partial charge in [0.15, 0.2) is 17.2 Å². The molecule has 4 aromatic heterocycles. The van der Waals surface area contributed by atoms with E-state index in [2.05, 4.69) is 24.7 Å². The minimum absolute atomic E-state index is 0.00269. The lowest BCUT2D eigenvalue weighted by atomic mass is 10.1. The molecule has 0 bridgehead atoms. The van der Waals surface area contributed by atoms with Crippen LogP contribution in [-0.4, -0.2) is 46.4 Å². The van der Waals surface area contributed by atoms with Gasteiger partial charge in [0.1, 0.15) is 17.9 Å². The lowest BCUT2D eigenvalue weighted by Gasteiger charge is -2.13. The van der Waals surface area contributed by atoms with Crippen molar-refractivity contribution in [1.29, 1.82) is 5.41 Å². The quantitative estimate of drug-likeness (QED) is 0.223. The van der Waals surface area contributed by atoms with E-state index in [9.17, 15) is 35.1 Å². The second-order valence-corrected chi connectivity index (χ2v) is 9.86. The lowest BCUT2D eigenvalue weighted by molar-refractivity contribution is -0.141. The zero-order valence-electron chi connectivity index (χ0n) is 23.1. The maximum Gasteiger partial charge on any atom is 0.434 e. The van der Waals surface area contributed by atoms with Gasteiger partial charge >= 0.3 is 19.0 Å². The Kier molecular flexibility index (Phi) is 7.67. The molecule has 232 valence electrons. The molecule has 5 aromatic rings. The molecule has 1 N–H and O–H groups in total. The van der Waals surface area contributed by atoms with Crippen molar-refractivity contribution in [2.45, 2.75) is 45.9 Å². The van der Waals surface area contributed by atoms with Gasteiger partial charge in [0.2, 0.25) is 11.5 Å². The normalized spacial score (nSPS) is 12.5. The van der Waals surface area contributed by atoms with Gasteiger partial charge in [0.05, 0.1) is 17.8 Å². The number of aromatic nitrogens is 7. The average molecular weight is 627 g/mol. The maximum absolute atomic E-state index is 13.6. The number of pyridine rings is 1. The number of fused-ring (bicyclic) bond motifs is 1. The van der Waals surface area contributed by atoms with Crippen molar-refractivity contribution in [2.75, 3.05) is 0 Å². The minimum Gasteiger partial charge on any atom is -0.416 e. The van der Waals surface area contributed by atoms with Gasteiger partial charge < -0.3 is 9.30 Å². The molecule has 44 heavy (non-hydrogen) atoms. The second kappa shape index (κ2) is 11.0. The molecule has 0 unspecified atom stereocenters. The number of ether oxygens (including phenoxy) is 1. The molecule has 0 aliphatic carbocycles. The Labute approximate surface area is 242 Å². The summed E-state index contributed by atoms with van der Waals surface area (Å²) in [5.74, 6) is -0.592. The smallest absolute Gasteiger partial charge is 0.416 e. The zero-order chi connectivity index (χ0) is 32.1. The Hall–Kier alpha value is -4.83. The first-order valence-corrected chi connectivity index (χ1v) is 12.7. The standard InChI is InChI=1S/C27H22F8N8O/c1-13-8-9-37-23(44-24(28)29)18(13)20-38-14(2)19-22(40-20)42(25(36)43(19)12-26(30,31)32)10-15-4-6-16(7-5-15)21-39-17(11-41(21)3)27(33,34)35/h4-9,11,24,36H,10,12H2,1-3H3. The molecule has 0 saturated carbocycles. The highest BCUT2D eigenvalue weighted by Gasteiger charge is 2.35. The van der Waals surface area contributed by atoms with Crippen LogP contribution in [0.1, 0.15) is 22.5 Å². The number of imidazole rings is 2. The van der Waals surface area contributed by atoms with Gasteiger partial charge in [0.25, 0.3) is 0 Å². The molecule has 0 radical (unpaired) electrons. The first kappa shape index (κ1) is 30.6. The predicted molar refractivity (Wildman–Crippen MR) is 140 cm³/mol. The summed E-state index contributed by atoms with van der Waals surface area (Å²) in [6, 6.07) is 7.55. The molecule has 0 amide bonds. The largest absolute Gasteiger partial charge is 0.434 e. The fourth-order valence-electron chi connectivity index (χ4n) is 4.79. The Morgan fingerprint density at radius 3 is 2.20 bits per heavy atom. The van der Waals surface area contributed by atoms with E-state index in [1.807, 2.05) is 0 Å². The molecule has 1 aromatic carbocycles. The molecule has 5 rings (SSSR count). The minimum atomic E-state index is -4.71. The number of nitrogens with one attached hydrogen (secondary N) is 1. The van der Waals surface area contributed by atoms with Crippen molar-refractivity contribution < 1.29 is 39.9 Å². The third kappa shape index (κ3) is 5.98. The van der Waals surface area contributed by atoms with Crippen molar-refractivity contribution in [3.05, 3.63) is 70.9 Å². The van der Waals surface area contributed by atoms with E-state index in [0.717, 1.165) is 6.20 Å². The van der Waals surface area contributed by atoms with Crippen molar-refractivity contribution in [2.24, 2.45) is 7.05 Å². The number of aryl methyl sites for hydroxylation is 3. The predicted octanol–water partition coefficient (Wildman–Crippen LogP) is 6.02.